The Morgan fingerprint density at radius 1 is 1.20 bits per heavy atom. The molecule has 2 aromatic rings. The topological polar surface area (TPSA) is 79.4 Å². The Bertz CT molecular complexity index is 1040. The molecule has 1 N–H and O–H groups in total. The lowest BCUT2D eigenvalue weighted by molar-refractivity contribution is -0.139. The number of pyridine rings is 1. The molecule has 0 spiro atoms. The summed E-state index contributed by atoms with van der Waals surface area (Å²) in [4.78, 5) is 17.1. The lowest BCUT2D eigenvalue weighted by atomic mass is 10.1. The van der Waals surface area contributed by atoms with Crippen LogP contribution in [0.2, 0.25) is 5.15 Å². The van der Waals surface area contributed by atoms with Gasteiger partial charge in [0.05, 0.1) is 16.0 Å². The third-order valence-electron chi connectivity index (χ3n) is 4.61. The number of amides is 1. The summed E-state index contributed by atoms with van der Waals surface area (Å²) in [5.74, 6) is -0.271. The van der Waals surface area contributed by atoms with Gasteiger partial charge in [0, 0.05) is 29.8 Å². The first-order valence-electron chi connectivity index (χ1n) is 8.77. The number of halogens is 5. The second-order valence-electron chi connectivity index (χ2n) is 6.70. The fourth-order valence-corrected chi connectivity index (χ4v) is 5.11. The fourth-order valence-electron chi connectivity index (χ4n) is 3.13. The molecule has 0 radical (unpaired) electrons. The van der Waals surface area contributed by atoms with Crippen molar-refractivity contribution in [3.8, 4) is 0 Å². The van der Waals surface area contributed by atoms with Crippen molar-refractivity contribution < 1.29 is 26.4 Å². The van der Waals surface area contributed by atoms with Crippen LogP contribution in [0.3, 0.4) is 0 Å². The maximum Gasteiger partial charge on any atom is 0.417 e. The third kappa shape index (κ3) is 5.32. The number of carbonyl (C=O) groups is 1. The van der Waals surface area contributed by atoms with Crippen molar-refractivity contribution in [1.29, 1.82) is 0 Å². The lowest BCUT2D eigenvalue weighted by Gasteiger charge is -2.32. The molecule has 0 bridgehead atoms. The average Bonchev–Trinajstić information content (AvgIpc) is 2.67. The first-order chi connectivity index (χ1) is 14.0. The van der Waals surface area contributed by atoms with Crippen molar-refractivity contribution in [3.63, 3.8) is 0 Å². The zero-order chi connectivity index (χ0) is 22.1. The highest BCUT2D eigenvalue weighted by Crippen LogP contribution is 2.36. The molecule has 6 nitrogen and oxygen atoms in total. The summed E-state index contributed by atoms with van der Waals surface area (Å²) in [6.07, 6.45) is -2.93. The van der Waals surface area contributed by atoms with Crippen LogP contribution in [0.15, 0.2) is 45.9 Å². The second-order valence-corrected chi connectivity index (χ2v) is 9.68. The van der Waals surface area contributed by atoms with Gasteiger partial charge in [-0.1, -0.05) is 27.5 Å². The number of hydrogen-bond acceptors (Lipinski definition) is 4. The molecule has 1 amide bonds. The van der Waals surface area contributed by atoms with Crippen LogP contribution in [0, 0.1) is 0 Å². The Morgan fingerprint density at radius 3 is 2.43 bits per heavy atom. The Balaban J connectivity index is 1.69. The number of piperidine rings is 1. The SMILES string of the molecule is O=C(c1ccc(Cl)nc1)N1CCC(NS(=O)(=O)c2ccc(Br)cc2C(F)(F)F)CC1. The average molecular weight is 527 g/mol. The predicted molar refractivity (Wildman–Crippen MR) is 108 cm³/mol. The van der Waals surface area contributed by atoms with Gasteiger partial charge in [-0.2, -0.15) is 13.2 Å². The molecule has 1 fully saturated rings. The van der Waals surface area contributed by atoms with E-state index < -0.39 is 32.7 Å². The lowest BCUT2D eigenvalue weighted by Crippen LogP contribution is -2.46. The van der Waals surface area contributed by atoms with E-state index in [0.717, 1.165) is 12.1 Å². The highest BCUT2D eigenvalue weighted by Gasteiger charge is 2.38. The Hall–Kier alpha value is -1.69. The van der Waals surface area contributed by atoms with Crippen molar-refractivity contribution in [3.05, 3.63) is 57.3 Å². The monoisotopic (exact) mass is 525 g/mol. The first kappa shape index (κ1) is 23.0. The van der Waals surface area contributed by atoms with E-state index in [2.05, 4.69) is 25.6 Å². The van der Waals surface area contributed by atoms with Gasteiger partial charge < -0.3 is 4.90 Å². The summed E-state index contributed by atoms with van der Waals surface area (Å²) in [5, 5.41) is 0.255. The van der Waals surface area contributed by atoms with Gasteiger partial charge in [0.15, 0.2) is 0 Å². The highest BCUT2D eigenvalue weighted by atomic mass is 79.9. The number of carbonyl (C=O) groups excluding carboxylic acids is 1. The molecule has 0 aliphatic carbocycles. The van der Waals surface area contributed by atoms with Crippen LogP contribution >= 0.6 is 27.5 Å². The summed E-state index contributed by atoms with van der Waals surface area (Å²) in [6, 6.07) is 5.33. The van der Waals surface area contributed by atoms with Gasteiger partial charge in [0.1, 0.15) is 5.15 Å². The van der Waals surface area contributed by atoms with Crippen LogP contribution < -0.4 is 4.72 Å². The zero-order valence-electron chi connectivity index (χ0n) is 15.3. The number of nitrogens with one attached hydrogen (secondary N) is 1. The summed E-state index contributed by atoms with van der Waals surface area (Å²) in [6.45, 7) is 0.502. The van der Waals surface area contributed by atoms with E-state index in [0.29, 0.717) is 5.56 Å². The van der Waals surface area contributed by atoms with Crippen molar-refractivity contribution in [2.75, 3.05) is 13.1 Å². The number of likely N-dealkylation sites (tertiary alicyclic amines) is 1. The number of rotatable bonds is 4. The minimum absolute atomic E-state index is 0.122. The van der Waals surface area contributed by atoms with Crippen LogP contribution in [-0.4, -0.2) is 43.3 Å². The molecular formula is C18H16BrClF3N3O3S. The molecule has 1 aliphatic heterocycles. The van der Waals surface area contributed by atoms with Gasteiger partial charge in [0.2, 0.25) is 10.0 Å². The van der Waals surface area contributed by atoms with E-state index in [9.17, 15) is 26.4 Å². The van der Waals surface area contributed by atoms with Gasteiger partial charge in [-0.3, -0.25) is 4.79 Å². The first-order valence-corrected chi connectivity index (χ1v) is 11.4. The second kappa shape index (κ2) is 8.81. The minimum Gasteiger partial charge on any atom is -0.338 e. The van der Waals surface area contributed by atoms with Crippen LogP contribution in [0.1, 0.15) is 28.8 Å². The molecule has 162 valence electrons. The Labute approximate surface area is 184 Å². The summed E-state index contributed by atoms with van der Waals surface area (Å²) in [7, 11) is -4.40. The summed E-state index contributed by atoms with van der Waals surface area (Å²) >= 11 is 8.64. The van der Waals surface area contributed by atoms with Gasteiger partial charge in [-0.25, -0.2) is 18.1 Å². The highest BCUT2D eigenvalue weighted by molar-refractivity contribution is 9.10. The summed E-state index contributed by atoms with van der Waals surface area (Å²) < 4.78 is 67.6. The van der Waals surface area contributed by atoms with E-state index in [1.54, 1.807) is 6.07 Å². The number of hydrogen-bond donors (Lipinski definition) is 1. The Kier molecular flexibility index (Phi) is 6.75. The number of benzene rings is 1. The molecule has 2 heterocycles. The molecule has 1 saturated heterocycles. The van der Waals surface area contributed by atoms with Gasteiger partial charge >= 0.3 is 6.18 Å². The summed E-state index contributed by atoms with van der Waals surface area (Å²) in [5.41, 5.74) is -0.893. The van der Waals surface area contributed by atoms with Crippen LogP contribution in [0.4, 0.5) is 13.2 Å². The van der Waals surface area contributed by atoms with Crippen molar-refractivity contribution >= 4 is 43.5 Å². The van der Waals surface area contributed by atoms with Crippen molar-refractivity contribution in [2.45, 2.75) is 30.0 Å². The van der Waals surface area contributed by atoms with E-state index in [1.807, 2.05) is 0 Å². The molecule has 1 aromatic heterocycles. The van der Waals surface area contributed by atoms with Crippen LogP contribution in [0.25, 0.3) is 0 Å². The zero-order valence-corrected chi connectivity index (χ0v) is 18.4. The molecule has 0 unspecified atom stereocenters. The number of sulfonamides is 1. The molecule has 3 rings (SSSR count). The van der Waals surface area contributed by atoms with E-state index in [-0.39, 0.29) is 41.5 Å². The standard InChI is InChI=1S/C18H16BrClF3N3O3S/c19-12-2-3-15(14(9-12)18(21,22)23)30(28,29)25-13-5-7-26(8-6-13)17(27)11-1-4-16(20)24-10-11/h1-4,9-10,13,25H,5-8H2. The van der Waals surface area contributed by atoms with Crippen LogP contribution in [0.5, 0.6) is 0 Å². The van der Waals surface area contributed by atoms with E-state index >= 15 is 0 Å². The number of aromatic nitrogens is 1. The molecule has 30 heavy (non-hydrogen) atoms. The third-order valence-corrected chi connectivity index (χ3v) is 6.91. The predicted octanol–water partition coefficient (Wildman–Crippen LogP) is 4.10. The largest absolute Gasteiger partial charge is 0.417 e. The normalized spacial score (nSPS) is 16.0. The van der Waals surface area contributed by atoms with Gasteiger partial charge in [-0.05, 0) is 43.2 Å². The molecule has 0 atom stereocenters. The van der Waals surface area contributed by atoms with E-state index in [1.165, 1.54) is 23.2 Å². The minimum atomic E-state index is -4.82. The number of alkyl halides is 3. The van der Waals surface area contributed by atoms with Crippen molar-refractivity contribution in [1.82, 2.24) is 14.6 Å². The van der Waals surface area contributed by atoms with Gasteiger partial charge in [-0.15, -0.1) is 0 Å². The maximum atomic E-state index is 13.3. The fraction of sp³-hybridized carbons (Fsp3) is 0.333. The van der Waals surface area contributed by atoms with Gasteiger partial charge in [0.25, 0.3) is 5.91 Å². The maximum absolute atomic E-state index is 13.3. The number of nitrogens with zero attached hydrogens (tertiary/aromatic N) is 2. The quantitative estimate of drug-likeness (QED) is 0.609. The van der Waals surface area contributed by atoms with Crippen LogP contribution in [-0.2, 0) is 16.2 Å². The molecule has 1 aliphatic rings. The molecule has 12 heteroatoms. The van der Waals surface area contributed by atoms with E-state index in [4.69, 9.17) is 11.6 Å². The molecule has 0 saturated carbocycles. The Morgan fingerprint density at radius 2 is 1.87 bits per heavy atom. The molecular weight excluding hydrogens is 511 g/mol. The molecule has 1 aromatic carbocycles. The van der Waals surface area contributed by atoms with Crippen molar-refractivity contribution in [2.24, 2.45) is 0 Å². The smallest absolute Gasteiger partial charge is 0.338 e.